The van der Waals surface area contributed by atoms with Crippen molar-refractivity contribution in [1.29, 1.82) is 0 Å². The standard InChI is InChI=1S/C54H88NO8P/c1-6-8-10-12-14-16-18-20-22-24-26-27-29-30-32-34-36-38-40-42-44-46-53(56)60-50-52(51-62-64(58,59)61-49-48-55(3,4)5)63-54(57)47-45-43-41-39-37-35-33-31-28-25-23-21-19-17-15-13-11-9-7-2/h8-11,14-17,20-23,26-28,31,35,37,41,43,52H,6-7,12-13,18-19,24-25,29-30,32-34,36,38-40,42,44-51H2,1-5H3/p+1/b10-8-,11-9-,16-14-,17-15-,22-20-,23-21-,27-26-,31-28-,37-35-,43-41-. The van der Waals surface area contributed by atoms with Crippen molar-refractivity contribution in [3.05, 3.63) is 122 Å². The monoisotopic (exact) mass is 911 g/mol. The van der Waals surface area contributed by atoms with E-state index < -0.39 is 32.5 Å². The SMILES string of the molecule is CC/C=C\C/C=C\C/C=C\C/C=C\C/C=C\C/C=C\CCC(=O)OC(COC(=O)CCCCCCCCCC/C=C\C/C=C\C/C=C\C/C=C\CC)COP(=O)(O)OCC[N+](C)(C)C. The molecular weight excluding hydrogens is 822 g/mol. The summed E-state index contributed by atoms with van der Waals surface area (Å²) in [6.07, 6.45) is 62.6. The Hall–Kier alpha value is -3.59. The van der Waals surface area contributed by atoms with Crippen LogP contribution in [-0.2, 0) is 32.7 Å². The van der Waals surface area contributed by atoms with E-state index in [2.05, 4.69) is 123 Å². The van der Waals surface area contributed by atoms with E-state index in [1.54, 1.807) is 0 Å². The van der Waals surface area contributed by atoms with Crippen LogP contribution in [0.1, 0.15) is 155 Å². The molecule has 0 saturated heterocycles. The van der Waals surface area contributed by atoms with Crippen LogP contribution < -0.4 is 0 Å². The second-order valence-corrected chi connectivity index (χ2v) is 18.2. The maximum Gasteiger partial charge on any atom is 0.472 e. The van der Waals surface area contributed by atoms with Crippen LogP contribution in [0.3, 0.4) is 0 Å². The minimum absolute atomic E-state index is 0.00928. The number of phosphoric acid groups is 1. The van der Waals surface area contributed by atoms with Crippen LogP contribution >= 0.6 is 7.82 Å². The fourth-order valence-corrected chi connectivity index (χ4v) is 6.54. The van der Waals surface area contributed by atoms with Gasteiger partial charge in [-0.1, -0.05) is 174 Å². The molecule has 0 rings (SSSR count). The van der Waals surface area contributed by atoms with Gasteiger partial charge in [0.1, 0.15) is 19.8 Å². The van der Waals surface area contributed by atoms with Gasteiger partial charge in [-0.05, 0) is 89.9 Å². The molecule has 1 N–H and O–H groups in total. The number of carbonyl (C=O) groups excluding carboxylic acids is 2. The first-order valence-corrected chi connectivity index (χ1v) is 25.8. The van der Waals surface area contributed by atoms with Crippen LogP contribution in [-0.4, -0.2) is 74.9 Å². The van der Waals surface area contributed by atoms with Gasteiger partial charge in [0.2, 0.25) is 0 Å². The Bertz CT molecular complexity index is 1490. The van der Waals surface area contributed by atoms with Gasteiger partial charge in [-0.2, -0.15) is 0 Å². The lowest BCUT2D eigenvalue weighted by Crippen LogP contribution is -2.37. The summed E-state index contributed by atoms with van der Waals surface area (Å²) in [5.41, 5.74) is 0. The number of likely N-dealkylation sites (N-methyl/N-ethyl adjacent to an activating group) is 1. The molecule has 0 aromatic rings. The lowest BCUT2D eigenvalue weighted by atomic mass is 10.1. The molecule has 0 aromatic heterocycles. The van der Waals surface area contributed by atoms with E-state index in [0.717, 1.165) is 89.9 Å². The number of esters is 2. The van der Waals surface area contributed by atoms with Gasteiger partial charge in [-0.25, -0.2) is 4.57 Å². The second kappa shape index (κ2) is 44.6. The van der Waals surface area contributed by atoms with Crippen molar-refractivity contribution < 1.29 is 42.1 Å². The number of carbonyl (C=O) groups is 2. The zero-order chi connectivity index (χ0) is 47.1. The highest BCUT2D eigenvalue weighted by Gasteiger charge is 2.27. The summed E-state index contributed by atoms with van der Waals surface area (Å²) in [5.74, 6) is -0.918. The van der Waals surface area contributed by atoms with Crippen molar-refractivity contribution in [3.8, 4) is 0 Å². The van der Waals surface area contributed by atoms with Gasteiger partial charge >= 0.3 is 19.8 Å². The quantitative estimate of drug-likeness (QED) is 0.0212. The van der Waals surface area contributed by atoms with E-state index in [1.807, 2.05) is 33.3 Å². The van der Waals surface area contributed by atoms with E-state index >= 15 is 0 Å². The molecule has 0 bridgehead atoms. The van der Waals surface area contributed by atoms with Crippen molar-refractivity contribution in [2.24, 2.45) is 0 Å². The van der Waals surface area contributed by atoms with E-state index in [1.165, 1.54) is 25.7 Å². The number of hydrogen-bond acceptors (Lipinski definition) is 7. The van der Waals surface area contributed by atoms with Crippen LogP contribution in [0.15, 0.2) is 122 Å². The summed E-state index contributed by atoms with van der Waals surface area (Å²) in [6.45, 7) is 4.07. The number of rotatable bonds is 42. The van der Waals surface area contributed by atoms with Crippen molar-refractivity contribution in [2.75, 3.05) is 47.5 Å². The molecule has 0 spiro atoms. The molecule has 362 valence electrons. The minimum atomic E-state index is -4.41. The number of phosphoric ester groups is 1. The van der Waals surface area contributed by atoms with Crippen molar-refractivity contribution in [2.45, 2.75) is 161 Å². The van der Waals surface area contributed by atoms with Crippen molar-refractivity contribution >= 4 is 19.8 Å². The first-order valence-electron chi connectivity index (χ1n) is 24.3. The molecule has 0 fully saturated rings. The van der Waals surface area contributed by atoms with Gasteiger partial charge in [0.25, 0.3) is 0 Å². The topological polar surface area (TPSA) is 108 Å². The predicted molar refractivity (Wildman–Crippen MR) is 270 cm³/mol. The summed E-state index contributed by atoms with van der Waals surface area (Å²) in [6, 6.07) is 0. The number of allylic oxidation sites excluding steroid dienone is 20. The molecule has 64 heavy (non-hydrogen) atoms. The highest BCUT2D eigenvalue weighted by molar-refractivity contribution is 7.47. The highest BCUT2D eigenvalue weighted by atomic mass is 31.2. The summed E-state index contributed by atoms with van der Waals surface area (Å²) in [4.78, 5) is 35.5. The van der Waals surface area contributed by atoms with Gasteiger partial charge in [0.15, 0.2) is 6.10 Å². The summed E-state index contributed by atoms with van der Waals surface area (Å²) < 4.78 is 34.3. The van der Waals surface area contributed by atoms with E-state index in [9.17, 15) is 19.0 Å². The third-order valence-corrected chi connectivity index (χ3v) is 10.5. The molecule has 0 heterocycles. The Kier molecular flexibility index (Phi) is 42.1. The zero-order valence-electron chi connectivity index (χ0n) is 40.7. The maximum atomic E-state index is 12.7. The van der Waals surface area contributed by atoms with Crippen LogP contribution in [0.2, 0.25) is 0 Å². The van der Waals surface area contributed by atoms with Gasteiger partial charge in [0.05, 0.1) is 27.7 Å². The Balaban J connectivity index is 4.44. The van der Waals surface area contributed by atoms with E-state index in [0.29, 0.717) is 23.9 Å². The molecule has 0 aliphatic heterocycles. The fraction of sp³-hybridized carbons (Fsp3) is 0.593. The summed E-state index contributed by atoms with van der Waals surface area (Å²) in [7, 11) is 1.40. The molecule has 0 aliphatic carbocycles. The second-order valence-electron chi connectivity index (χ2n) is 16.7. The summed E-state index contributed by atoms with van der Waals surface area (Å²) in [5, 5.41) is 0. The van der Waals surface area contributed by atoms with E-state index in [-0.39, 0.29) is 26.1 Å². The molecule has 0 saturated carbocycles. The predicted octanol–water partition coefficient (Wildman–Crippen LogP) is 14.5. The van der Waals surface area contributed by atoms with Crippen LogP contribution in [0.5, 0.6) is 0 Å². The average molecular weight is 911 g/mol. The number of quaternary nitrogens is 1. The third-order valence-electron chi connectivity index (χ3n) is 9.50. The Morgan fingerprint density at radius 2 is 0.875 bits per heavy atom. The van der Waals surface area contributed by atoms with E-state index in [4.69, 9.17) is 18.5 Å². The molecular formula is C54H89NO8P+. The van der Waals surface area contributed by atoms with Crippen LogP contribution in [0.4, 0.5) is 0 Å². The Labute approximate surface area is 390 Å². The number of nitrogens with zero attached hydrogens (tertiary/aromatic N) is 1. The molecule has 0 aliphatic rings. The van der Waals surface area contributed by atoms with Crippen molar-refractivity contribution in [3.63, 3.8) is 0 Å². The lowest BCUT2D eigenvalue weighted by molar-refractivity contribution is -0.870. The highest BCUT2D eigenvalue weighted by Crippen LogP contribution is 2.43. The summed E-state index contributed by atoms with van der Waals surface area (Å²) >= 11 is 0. The van der Waals surface area contributed by atoms with Gasteiger partial charge in [-0.3, -0.25) is 18.6 Å². The molecule has 10 heteroatoms. The molecule has 2 atom stereocenters. The normalized spacial score (nSPS) is 14.5. The van der Waals surface area contributed by atoms with Gasteiger partial charge in [0, 0.05) is 12.8 Å². The number of unbranched alkanes of at least 4 members (excludes halogenated alkanes) is 8. The van der Waals surface area contributed by atoms with Crippen LogP contribution in [0.25, 0.3) is 0 Å². The van der Waals surface area contributed by atoms with Crippen molar-refractivity contribution in [1.82, 2.24) is 0 Å². The largest absolute Gasteiger partial charge is 0.472 e. The molecule has 0 aromatic carbocycles. The number of ether oxygens (including phenoxy) is 2. The minimum Gasteiger partial charge on any atom is -0.462 e. The molecule has 0 amide bonds. The Morgan fingerprint density at radius 1 is 0.484 bits per heavy atom. The average Bonchev–Trinajstić information content (AvgIpc) is 3.25. The lowest BCUT2D eigenvalue weighted by Gasteiger charge is -2.24. The number of hydrogen-bond donors (Lipinski definition) is 1. The zero-order valence-corrected chi connectivity index (χ0v) is 41.6. The van der Waals surface area contributed by atoms with Gasteiger partial charge < -0.3 is 18.9 Å². The first kappa shape index (κ1) is 60.4. The molecule has 2 unspecified atom stereocenters. The maximum absolute atomic E-state index is 12.7. The smallest absolute Gasteiger partial charge is 0.462 e. The van der Waals surface area contributed by atoms with Gasteiger partial charge in [-0.15, -0.1) is 0 Å². The molecule has 9 nitrogen and oxygen atoms in total. The Morgan fingerprint density at radius 3 is 1.31 bits per heavy atom. The molecule has 0 radical (unpaired) electrons. The first-order chi connectivity index (χ1) is 31.0. The fourth-order valence-electron chi connectivity index (χ4n) is 5.79. The van der Waals surface area contributed by atoms with Crippen LogP contribution in [0, 0.1) is 0 Å². The third kappa shape index (κ3) is 47.9.